The van der Waals surface area contributed by atoms with Crippen LogP contribution in [-0.4, -0.2) is 37.6 Å². The van der Waals surface area contributed by atoms with Gasteiger partial charge in [-0.05, 0) is 11.4 Å². The molecule has 0 unspecified atom stereocenters. The Morgan fingerprint density at radius 3 is 2.86 bits per heavy atom. The van der Waals surface area contributed by atoms with E-state index in [-0.39, 0.29) is 17.9 Å². The number of primary amides is 1. The van der Waals surface area contributed by atoms with Crippen molar-refractivity contribution in [3.8, 4) is 0 Å². The van der Waals surface area contributed by atoms with E-state index in [0.717, 1.165) is 17.6 Å². The van der Waals surface area contributed by atoms with Crippen LogP contribution in [0, 0.1) is 0 Å². The number of rotatable bonds is 5. The minimum absolute atomic E-state index is 0.0944. The summed E-state index contributed by atoms with van der Waals surface area (Å²) in [6.45, 7) is 0.0749. The molecule has 1 aliphatic rings. The molecule has 0 saturated heterocycles. The molecule has 21 heavy (non-hydrogen) atoms. The van der Waals surface area contributed by atoms with Crippen LogP contribution < -0.4 is 11.1 Å². The first kappa shape index (κ1) is 14.9. The fraction of sp³-hybridized carbons (Fsp3) is 0.250. The number of thiophene rings is 1. The van der Waals surface area contributed by atoms with E-state index in [1.165, 1.54) is 6.07 Å². The first-order valence-electron chi connectivity index (χ1n) is 5.87. The monoisotopic (exact) mass is 312 g/mol. The van der Waals surface area contributed by atoms with Gasteiger partial charge in [0.15, 0.2) is 6.61 Å². The van der Waals surface area contributed by atoms with E-state index in [0.29, 0.717) is 11.6 Å². The van der Waals surface area contributed by atoms with Crippen molar-refractivity contribution in [1.82, 2.24) is 0 Å². The molecule has 112 valence electrons. The van der Waals surface area contributed by atoms with E-state index >= 15 is 0 Å². The van der Waals surface area contributed by atoms with Crippen LogP contribution in [0.5, 0.6) is 0 Å². The van der Waals surface area contributed by atoms with Crippen LogP contribution in [0.15, 0.2) is 23.5 Å². The second kappa shape index (κ2) is 6.75. The second-order valence-corrected chi connectivity index (χ2v) is 4.77. The minimum Gasteiger partial charge on any atom is -0.493 e. The summed E-state index contributed by atoms with van der Waals surface area (Å²) in [4.78, 5) is 34.3. The first-order valence-corrected chi connectivity index (χ1v) is 6.74. The fourth-order valence-electron chi connectivity index (χ4n) is 1.44. The van der Waals surface area contributed by atoms with Crippen molar-refractivity contribution in [1.29, 1.82) is 0 Å². The molecule has 1 aromatic rings. The third kappa shape index (κ3) is 3.96. The van der Waals surface area contributed by atoms with Crippen molar-refractivity contribution in [2.24, 2.45) is 5.73 Å². The van der Waals surface area contributed by atoms with Gasteiger partial charge in [-0.1, -0.05) is 0 Å². The first-order chi connectivity index (χ1) is 10.1. The Bertz CT molecular complexity index is 594. The second-order valence-electron chi connectivity index (χ2n) is 3.85. The average Bonchev–Trinajstić information content (AvgIpc) is 2.94. The number of nitrogens with one attached hydrogen (secondary N) is 1. The number of nitrogens with two attached hydrogens (primary N) is 1. The van der Waals surface area contributed by atoms with Gasteiger partial charge < -0.3 is 25.3 Å². The maximum atomic E-state index is 11.6. The molecule has 0 radical (unpaired) electrons. The third-order valence-corrected chi connectivity index (χ3v) is 3.20. The molecule has 0 aliphatic carbocycles. The van der Waals surface area contributed by atoms with Gasteiger partial charge in [0.1, 0.15) is 24.5 Å². The number of anilines is 1. The van der Waals surface area contributed by atoms with E-state index in [9.17, 15) is 14.4 Å². The molecule has 0 fully saturated rings. The molecule has 0 bridgehead atoms. The Kier molecular flexibility index (Phi) is 4.77. The van der Waals surface area contributed by atoms with Gasteiger partial charge in [0.05, 0.1) is 5.56 Å². The Morgan fingerprint density at radius 2 is 2.19 bits per heavy atom. The van der Waals surface area contributed by atoms with E-state index in [1.807, 2.05) is 0 Å². The van der Waals surface area contributed by atoms with Crippen molar-refractivity contribution in [3.63, 3.8) is 0 Å². The number of hydrogen-bond acceptors (Lipinski definition) is 7. The Morgan fingerprint density at radius 1 is 1.38 bits per heavy atom. The molecule has 2 amide bonds. The van der Waals surface area contributed by atoms with Crippen LogP contribution in [0.3, 0.4) is 0 Å². The van der Waals surface area contributed by atoms with Crippen molar-refractivity contribution in [2.75, 3.05) is 25.1 Å². The standard InChI is InChI=1S/C12H12N2O6S/c13-10(16)7-1-4-21-11(7)14-9(15)6-20-12(17)8-5-18-2-3-19-8/h1,4-5H,2-3,6H2,(H2,13,16)(H,14,15). The number of amides is 2. The molecule has 0 atom stereocenters. The molecular formula is C12H12N2O6S. The lowest BCUT2D eigenvalue weighted by Crippen LogP contribution is -2.24. The maximum absolute atomic E-state index is 11.6. The van der Waals surface area contributed by atoms with Crippen molar-refractivity contribution < 1.29 is 28.6 Å². The minimum atomic E-state index is -0.800. The lowest BCUT2D eigenvalue weighted by molar-refractivity contribution is -0.148. The number of hydrogen-bond donors (Lipinski definition) is 2. The highest BCUT2D eigenvalue weighted by Gasteiger charge is 2.19. The summed E-state index contributed by atoms with van der Waals surface area (Å²) in [7, 11) is 0. The van der Waals surface area contributed by atoms with Crippen molar-refractivity contribution >= 4 is 34.1 Å². The van der Waals surface area contributed by atoms with Gasteiger partial charge in [-0.2, -0.15) is 0 Å². The predicted molar refractivity (Wildman–Crippen MR) is 72.4 cm³/mol. The highest BCUT2D eigenvalue weighted by Crippen LogP contribution is 2.22. The lowest BCUT2D eigenvalue weighted by atomic mass is 10.3. The molecule has 2 heterocycles. The molecule has 0 saturated carbocycles. The summed E-state index contributed by atoms with van der Waals surface area (Å²) in [6, 6.07) is 1.49. The number of carbonyl (C=O) groups is 3. The molecule has 0 aromatic carbocycles. The zero-order valence-electron chi connectivity index (χ0n) is 10.8. The number of ether oxygens (including phenoxy) is 3. The van der Waals surface area contributed by atoms with Gasteiger partial charge in [-0.15, -0.1) is 11.3 Å². The molecular weight excluding hydrogens is 300 g/mol. The van der Waals surface area contributed by atoms with E-state index in [2.05, 4.69) is 5.32 Å². The summed E-state index contributed by atoms with van der Waals surface area (Å²) < 4.78 is 14.7. The summed E-state index contributed by atoms with van der Waals surface area (Å²) in [5, 5.41) is 4.36. The van der Waals surface area contributed by atoms with Crippen LogP contribution in [-0.2, 0) is 23.8 Å². The summed E-state index contributed by atoms with van der Waals surface area (Å²) >= 11 is 1.14. The topological polar surface area (TPSA) is 117 Å². The zero-order chi connectivity index (χ0) is 15.2. The molecule has 0 spiro atoms. The van der Waals surface area contributed by atoms with Crippen LogP contribution in [0.1, 0.15) is 10.4 Å². The van der Waals surface area contributed by atoms with E-state index < -0.39 is 24.4 Å². The fourth-order valence-corrected chi connectivity index (χ4v) is 2.25. The smallest absolute Gasteiger partial charge is 0.377 e. The summed E-state index contributed by atoms with van der Waals surface area (Å²) in [5.41, 5.74) is 5.35. The van der Waals surface area contributed by atoms with Crippen LogP contribution >= 0.6 is 11.3 Å². The Labute approximate surface area is 123 Å². The van der Waals surface area contributed by atoms with E-state index in [1.54, 1.807) is 5.38 Å². The van der Waals surface area contributed by atoms with E-state index in [4.69, 9.17) is 19.9 Å². The molecule has 1 aromatic heterocycles. The summed E-state index contributed by atoms with van der Waals surface area (Å²) in [6.07, 6.45) is 1.13. The highest BCUT2D eigenvalue weighted by molar-refractivity contribution is 7.14. The molecule has 2 rings (SSSR count). The van der Waals surface area contributed by atoms with Gasteiger partial charge in [0.25, 0.3) is 11.8 Å². The molecule has 3 N–H and O–H groups in total. The largest absolute Gasteiger partial charge is 0.493 e. The Hall–Kier alpha value is -2.55. The molecule has 8 nitrogen and oxygen atoms in total. The lowest BCUT2D eigenvalue weighted by Gasteiger charge is -2.14. The highest BCUT2D eigenvalue weighted by atomic mass is 32.1. The Balaban J connectivity index is 1.84. The third-order valence-electron chi connectivity index (χ3n) is 2.37. The van der Waals surface area contributed by atoms with Crippen LogP contribution in [0.25, 0.3) is 0 Å². The average molecular weight is 312 g/mol. The normalized spacial score (nSPS) is 13.4. The van der Waals surface area contributed by atoms with Crippen LogP contribution in [0.4, 0.5) is 5.00 Å². The maximum Gasteiger partial charge on any atom is 0.377 e. The predicted octanol–water partition coefficient (Wildman–Crippen LogP) is 0.217. The van der Waals surface area contributed by atoms with Gasteiger partial charge in [0.2, 0.25) is 5.76 Å². The van der Waals surface area contributed by atoms with Gasteiger partial charge >= 0.3 is 5.97 Å². The van der Waals surface area contributed by atoms with Gasteiger partial charge in [-0.25, -0.2) is 4.79 Å². The number of esters is 1. The van der Waals surface area contributed by atoms with Crippen molar-refractivity contribution in [2.45, 2.75) is 0 Å². The quantitative estimate of drug-likeness (QED) is 0.751. The summed E-state index contributed by atoms with van der Waals surface area (Å²) in [5.74, 6) is -2.14. The SMILES string of the molecule is NC(=O)c1ccsc1NC(=O)COC(=O)C1=COCCO1. The van der Waals surface area contributed by atoms with Crippen LogP contribution in [0.2, 0.25) is 0 Å². The van der Waals surface area contributed by atoms with Gasteiger partial charge in [-0.3, -0.25) is 9.59 Å². The molecule has 9 heteroatoms. The zero-order valence-corrected chi connectivity index (χ0v) is 11.6. The van der Waals surface area contributed by atoms with Gasteiger partial charge in [0, 0.05) is 0 Å². The van der Waals surface area contributed by atoms with Crippen molar-refractivity contribution in [3.05, 3.63) is 29.0 Å². The molecule has 1 aliphatic heterocycles. The number of carbonyl (C=O) groups excluding carboxylic acids is 3.